The van der Waals surface area contributed by atoms with Gasteiger partial charge < -0.3 is 9.47 Å². The summed E-state index contributed by atoms with van der Waals surface area (Å²) in [5.41, 5.74) is 0. The Hall–Kier alpha value is 0.650. The summed E-state index contributed by atoms with van der Waals surface area (Å²) in [6.45, 7) is 1.63. The van der Waals surface area contributed by atoms with Crippen molar-refractivity contribution in [2.45, 2.75) is 18.6 Å². The van der Waals surface area contributed by atoms with Gasteiger partial charge in [-0.15, -0.1) is 0 Å². The van der Waals surface area contributed by atoms with Crippen LogP contribution in [-0.2, 0) is 9.47 Å². The molecule has 1 spiro atoms. The predicted octanol–water partition coefficient (Wildman–Crippen LogP) is 1.82. The van der Waals surface area contributed by atoms with Crippen LogP contribution in [0.25, 0.3) is 0 Å². The number of halogens is 1. The molecule has 3 heteroatoms. The highest BCUT2D eigenvalue weighted by atomic mass is 127. The van der Waals surface area contributed by atoms with Crippen molar-refractivity contribution >= 4 is 22.6 Å². The average molecular weight is 280 g/mol. The number of alkyl halides is 1. The van der Waals surface area contributed by atoms with E-state index in [9.17, 15) is 0 Å². The van der Waals surface area contributed by atoms with Gasteiger partial charge in [0.2, 0.25) is 0 Å². The fraction of sp³-hybridized carbons (Fsp3) is 1.00. The van der Waals surface area contributed by atoms with Crippen LogP contribution in [0.1, 0.15) is 12.8 Å². The molecule has 1 saturated heterocycles. The minimum atomic E-state index is -0.111. The molecule has 12 heavy (non-hydrogen) atoms. The predicted molar refractivity (Wildman–Crippen MR) is 53.2 cm³/mol. The van der Waals surface area contributed by atoms with E-state index >= 15 is 0 Å². The summed E-state index contributed by atoms with van der Waals surface area (Å²) in [5.74, 6) is 2.47. The van der Waals surface area contributed by atoms with E-state index in [1.165, 1.54) is 10.8 Å². The Balaban J connectivity index is 1.81. The van der Waals surface area contributed by atoms with Gasteiger partial charge in [-0.25, -0.2) is 0 Å². The number of fused-ring (bicyclic) bond motifs is 2. The van der Waals surface area contributed by atoms with Crippen LogP contribution in [0.2, 0.25) is 0 Å². The van der Waals surface area contributed by atoms with E-state index in [2.05, 4.69) is 22.6 Å². The van der Waals surface area contributed by atoms with Gasteiger partial charge in [0.1, 0.15) is 0 Å². The molecule has 3 atom stereocenters. The first kappa shape index (κ1) is 8.00. The van der Waals surface area contributed by atoms with Crippen LogP contribution in [0.3, 0.4) is 0 Å². The van der Waals surface area contributed by atoms with Gasteiger partial charge >= 0.3 is 0 Å². The first-order chi connectivity index (χ1) is 5.87. The molecule has 0 aromatic carbocycles. The highest BCUT2D eigenvalue weighted by Crippen LogP contribution is 2.65. The molecular weight excluding hydrogens is 267 g/mol. The van der Waals surface area contributed by atoms with Gasteiger partial charge in [0, 0.05) is 16.8 Å². The van der Waals surface area contributed by atoms with Crippen molar-refractivity contribution in [3.63, 3.8) is 0 Å². The van der Waals surface area contributed by atoms with E-state index in [1.807, 2.05) is 0 Å². The van der Waals surface area contributed by atoms with E-state index < -0.39 is 0 Å². The Kier molecular flexibility index (Phi) is 1.72. The SMILES string of the molecule is ICC1[C@H]2CCC3(OCCO3)[C@@H]12. The molecule has 2 saturated carbocycles. The van der Waals surface area contributed by atoms with E-state index in [4.69, 9.17) is 9.47 Å². The smallest absolute Gasteiger partial charge is 0.171 e. The van der Waals surface area contributed by atoms with E-state index in [-0.39, 0.29) is 5.79 Å². The summed E-state index contributed by atoms with van der Waals surface area (Å²) in [5, 5.41) is 0. The molecule has 1 heterocycles. The van der Waals surface area contributed by atoms with Crippen LogP contribution < -0.4 is 0 Å². The van der Waals surface area contributed by atoms with Gasteiger partial charge in [-0.05, 0) is 18.3 Å². The molecule has 2 aliphatic carbocycles. The number of rotatable bonds is 1. The van der Waals surface area contributed by atoms with Crippen LogP contribution in [-0.4, -0.2) is 23.4 Å². The summed E-state index contributed by atoms with van der Waals surface area (Å²) < 4.78 is 12.8. The van der Waals surface area contributed by atoms with Crippen molar-refractivity contribution in [1.29, 1.82) is 0 Å². The summed E-state index contributed by atoms with van der Waals surface area (Å²) in [7, 11) is 0. The molecule has 3 fully saturated rings. The Labute approximate surface area is 86.1 Å². The quantitative estimate of drug-likeness (QED) is 0.539. The number of hydrogen-bond donors (Lipinski definition) is 0. The van der Waals surface area contributed by atoms with Gasteiger partial charge in [0.05, 0.1) is 13.2 Å². The molecule has 0 aromatic heterocycles. The molecule has 0 aromatic rings. The second-order valence-corrected chi connectivity index (χ2v) is 4.94. The lowest BCUT2D eigenvalue weighted by Gasteiger charge is -2.24. The molecule has 0 radical (unpaired) electrons. The summed E-state index contributed by atoms with van der Waals surface area (Å²) in [4.78, 5) is 0. The highest BCUT2D eigenvalue weighted by Gasteiger charge is 2.67. The normalized spacial score (nSPS) is 48.2. The van der Waals surface area contributed by atoms with Gasteiger partial charge in [-0.2, -0.15) is 0 Å². The Morgan fingerprint density at radius 3 is 2.67 bits per heavy atom. The second kappa shape index (κ2) is 2.58. The summed E-state index contributed by atoms with van der Waals surface area (Å²) >= 11 is 2.49. The monoisotopic (exact) mass is 280 g/mol. The van der Waals surface area contributed by atoms with Crippen LogP contribution in [0.5, 0.6) is 0 Å². The minimum Gasteiger partial charge on any atom is -0.347 e. The molecule has 0 bridgehead atoms. The van der Waals surface area contributed by atoms with Crippen molar-refractivity contribution in [3.05, 3.63) is 0 Å². The van der Waals surface area contributed by atoms with Crippen molar-refractivity contribution in [2.75, 3.05) is 17.6 Å². The standard InChI is InChI=1S/C9H13IO2/c10-5-7-6-1-2-9(8(6)7)11-3-4-12-9/h6-8H,1-5H2/t6-,7?,8-/m1/s1. The zero-order valence-electron chi connectivity index (χ0n) is 6.96. The molecule has 0 N–H and O–H groups in total. The van der Waals surface area contributed by atoms with Crippen molar-refractivity contribution < 1.29 is 9.47 Å². The van der Waals surface area contributed by atoms with Crippen LogP contribution in [0.15, 0.2) is 0 Å². The Bertz CT molecular complexity index is 191. The number of hydrogen-bond acceptors (Lipinski definition) is 2. The summed E-state index contributed by atoms with van der Waals surface area (Å²) in [6, 6.07) is 0. The molecular formula is C9H13IO2. The zero-order chi connectivity index (χ0) is 8.18. The maximum absolute atomic E-state index is 5.76. The van der Waals surface area contributed by atoms with Gasteiger partial charge in [-0.3, -0.25) is 0 Å². The van der Waals surface area contributed by atoms with Crippen LogP contribution >= 0.6 is 22.6 Å². The average Bonchev–Trinajstić information content (AvgIpc) is 2.45. The largest absolute Gasteiger partial charge is 0.347 e. The van der Waals surface area contributed by atoms with Crippen molar-refractivity contribution in [1.82, 2.24) is 0 Å². The lowest BCUT2D eigenvalue weighted by Crippen LogP contribution is -2.31. The lowest BCUT2D eigenvalue weighted by molar-refractivity contribution is -0.169. The molecule has 0 amide bonds. The topological polar surface area (TPSA) is 18.5 Å². The van der Waals surface area contributed by atoms with E-state index in [1.54, 1.807) is 0 Å². The third kappa shape index (κ3) is 0.876. The lowest BCUT2D eigenvalue weighted by atomic mass is 10.1. The summed E-state index contributed by atoms with van der Waals surface area (Å²) in [6.07, 6.45) is 2.48. The molecule has 3 rings (SSSR count). The molecule has 1 aliphatic heterocycles. The first-order valence-electron chi connectivity index (χ1n) is 4.71. The van der Waals surface area contributed by atoms with Crippen molar-refractivity contribution in [2.24, 2.45) is 17.8 Å². The van der Waals surface area contributed by atoms with Gasteiger partial charge in [-0.1, -0.05) is 22.6 Å². The van der Waals surface area contributed by atoms with E-state index in [0.29, 0.717) is 0 Å². The fourth-order valence-electron chi connectivity index (χ4n) is 3.04. The molecule has 3 aliphatic rings. The van der Waals surface area contributed by atoms with Crippen LogP contribution in [0, 0.1) is 17.8 Å². The van der Waals surface area contributed by atoms with Crippen LogP contribution in [0.4, 0.5) is 0 Å². The molecule has 68 valence electrons. The Morgan fingerprint density at radius 1 is 1.33 bits per heavy atom. The maximum atomic E-state index is 5.76. The van der Waals surface area contributed by atoms with Gasteiger partial charge in [0.15, 0.2) is 5.79 Å². The maximum Gasteiger partial charge on any atom is 0.171 e. The second-order valence-electron chi connectivity index (χ2n) is 4.06. The van der Waals surface area contributed by atoms with Gasteiger partial charge in [0.25, 0.3) is 0 Å². The number of ether oxygens (including phenoxy) is 2. The van der Waals surface area contributed by atoms with Crippen molar-refractivity contribution in [3.8, 4) is 0 Å². The minimum absolute atomic E-state index is 0.111. The highest BCUT2D eigenvalue weighted by molar-refractivity contribution is 14.1. The first-order valence-corrected chi connectivity index (χ1v) is 6.24. The molecule has 1 unspecified atom stereocenters. The van der Waals surface area contributed by atoms with E-state index in [0.717, 1.165) is 37.4 Å². The zero-order valence-corrected chi connectivity index (χ0v) is 9.12. The Morgan fingerprint density at radius 2 is 2.08 bits per heavy atom. The fourth-order valence-corrected chi connectivity index (χ4v) is 4.24. The third-order valence-corrected chi connectivity index (χ3v) is 4.64. The third-order valence-electron chi connectivity index (χ3n) is 3.62. The molecule has 2 nitrogen and oxygen atoms in total.